The molecule has 5 heteroatoms. The topological polar surface area (TPSA) is 69.6 Å². The number of hydrogen-bond donors (Lipinski definition) is 3. The molecule has 0 heterocycles. The molecule has 0 spiro atoms. The van der Waals surface area contributed by atoms with Gasteiger partial charge in [0.15, 0.2) is 11.5 Å². The SMILES string of the molecule is O=C(NCCc1ccc(O)c(O)c1)[C@H](Sc1ccccc1)c1ccccc1. The Morgan fingerprint density at radius 3 is 2.22 bits per heavy atom. The Labute approximate surface area is 162 Å². The van der Waals surface area contributed by atoms with E-state index >= 15 is 0 Å². The summed E-state index contributed by atoms with van der Waals surface area (Å²) in [5.74, 6) is -0.357. The third-order valence-electron chi connectivity index (χ3n) is 4.09. The van der Waals surface area contributed by atoms with Crippen molar-refractivity contribution in [1.29, 1.82) is 0 Å². The normalized spacial score (nSPS) is 11.7. The molecule has 138 valence electrons. The van der Waals surface area contributed by atoms with E-state index in [9.17, 15) is 15.0 Å². The first-order valence-electron chi connectivity index (χ1n) is 8.69. The largest absolute Gasteiger partial charge is 0.504 e. The molecule has 4 nitrogen and oxygen atoms in total. The lowest BCUT2D eigenvalue weighted by molar-refractivity contribution is -0.120. The van der Waals surface area contributed by atoms with E-state index in [0.29, 0.717) is 13.0 Å². The van der Waals surface area contributed by atoms with Crippen LogP contribution in [-0.2, 0) is 11.2 Å². The molecule has 3 rings (SSSR count). The number of rotatable bonds is 7. The smallest absolute Gasteiger partial charge is 0.238 e. The Balaban J connectivity index is 1.66. The molecule has 1 amide bonds. The van der Waals surface area contributed by atoms with Gasteiger partial charge in [0, 0.05) is 11.4 Å². The molecule has 0 saturated heterocycles. The highest BCUT2D eigenvalue weighted by Crippen LogP contribution is 2.35. The molecule has 0 bridgehead atoms. The van der Waals surface area contributed by atoms with Gasteiger partial charge in [-0.2, -0.15) is 0 Å². The summed E-state index contributed by atoms with van der Waals surface area (Å²) in [6.45, 7) is 0.446. The number of benzene rings is 3. The van der Waals surface area contributed by atoms with E-state index < -0.39 is 0 Å². The molecule has 0 radical (unpaired) electrons. The molecule has 3 N–H and O–H groups in total. The third kappa shape index (κ3) is 5.28. The van der Waals surface area contributed by atoms with Crippen molar-refractivity contribution in [2.45, 2.75) is 16.6 Å². The first kappa shape index (κ1) is 18.9. The Morgan fingerprint density at radius 2 is 1.56 bits per heavy atom. The van der Waals surface area contributed by atoms with Crippen LogP contribution in [0.2, 0.25) is 0 Å². The van der Waals surface area contributed by atoms with Gasteiger partial charge in [-0.3, -0.25) is 4.79 Å². The van der Waals surface area contributed by atoms with Crippen LogP contribution in [0.5, 0.6) is 11.5 Å². The summed E-state index contributed by atoms with van der Waals surface area (Å²) in [6, 6.07) is 24.3. The molecule has 0 saturated carbocycles. The second kappa shape index (κ2) is 9.14. The van der Waals surface area contributed by atoms with Gasteiger partial charge < -0.3 is 15.5 Å². The Bertz CT molecular complexity index is 885. The van der Waals surface area contributed by atoms with Crippen LogP contribution in [0.1, 0.15) is 16.4 Å². The zero-order chi connectivity index (χ0) is 19.1. The fraction of sp³-hybridized carbons (Fsp3) is 0.136. The Hall–Kier alpha value is -2.92. The number of hydrogen-bond acceptors (Lipinski definition) is 4. The maximum atomic E-state index is 12.8. The van der Waals surface area contributed by atoms with Crippen LogP contribution in [0, 0.1) is 0 Å². The molecular weight excluding hydrogens is 358 g/mol. The number of phenolic OH excluding ortho intramolecular Hbond substituents is 2. The van der Waals surface area contributed by atoms with E-state index in [1.165, 1.54) is 23.9 Å². The van der Waals surface area contributed by atoms with Crippen LogP contribution in [0.4, 0.5) is 0 Å². The number of thioether (sulfide) groups is 1. The molecule has 0 fully saturated rings. The van der Waals surface area contributed by atoms with Gasteiger partial charge in [0.1, 0.15) is 5.25 Å². The van der Waals surface area contributed by atoms with E-state index in [1.807, 2.05) is 60.7 Å². The van der Waals surface area contributed by atoms with Gasteiger partial charge in [-0.15, -0.1) is 11.8 Å². The summed E-state index contributed by atoms with van der Waals surface area (Å²) in [7, 11) is 0. The van der Waals surface area contributed by atoms with Crippen molar-refractivity contribution >= 4 is 17.7 Å². The fourth-order valence-corrected chi connectivity index (χ4v) is 3.75. The monoisotopic (exact) mass is 379 g/mol. The molecule has 0 aliphatic rings. The summed E-state index contributed by atoms with van der Waals surface area (Å²) >= 11 is 1.52. The van der Waals surface area contributed by atoms with Crippen molar-refractivity contribution in [2.24, 2.45) is 0 Å². The molecule has 0 aliphatic heterocycles. The van der Waals surface area contributed by atoms with Gasteiger partial charge >= 0.3 is 0 Å². The maximum Gasteiger partial charge on any atom is 0.238 e. The van der Waals surface area contributed by atoms with E-state index in [2.05, 4.69) is 5.32 Å². The van der Waals surface area contributed by atoms with Gasteiger partial charge in [-0.25, -0.2) is 0 Å². The summed E-state index contributed by atoms with van der Waals surface area (Å²) in [4.78, 5) is 13.9. The van der Waals surface area contributed by atoms with Crippen molar-refractivity contribution in [1.82, 2.24) is 5.32 Å². The van der Waals surface area contributed by atoms with Gasteiger partial charge in [-0.05, 0) is 41.8 Å². The van der Waals surface area contributed by atoms with Crippen molar-refractivity contribution < 1.29 is 15.0 Å². The molecule has 0 unspecified atom stereocenters. The molecule has 0 aliphatic carbocycles. The van der Waals surface area contributed by atoms with Gasteiger partial charge in [0.05, 0.1) is 0 Å². The number of carbonyl (C=O) groups is 1. The van der Waals surface area contributed by atoms with Crippen molar-refractivity contribution in [3.63, 3.8) is 0 Å². The van der Waals surface area contributed by atoms with E-state index in [4.69, 9.17) is 0 Å². The summed E-state index contributed by atoms with van der Waals surface area (Å²) in [5, 5.41) is 21.6. The molecule has 27 heavy (non-hydrogen) atoms. The van der Waals surface area contributed by atoms with Crippen LogP contribution in [-0.4, -0.2) is 22.7 Å². The molecular formula is C22H21NO3S. The highest BCUT2D eigenvalue weighted by Gasteiger charge is 2.21. The maximum absolute atomic E-state index is 12.8. The third-order valence-corrected chi connectivity index (χ3v) is 5.36. The first-order chi connectivity index (χ1) is 13.1. The van der Waals surface area contributed by atoms with Crippen LogP contribution in [0.3, 0.4) is 0 Å². The summed E-state index contributed by atoms with van der Waals surface area (Å²) in [6.07, 6.45) is 0.567. The predicted molar refractivity (Wildman–Crippen MR) is 108 cm³/mol. The quantitative estimate of drug-likeness (QED) is 0.423. The van der Waals surface area contributed by atoms with Crippen LogP contribution >= 0.6 is 11.8 Å². The lowest BCUT2D eigenvalue weighted by atomic mass is 10.1. The fourth-order valence-electron chi connectivity index (χ4n) is 2.68. The average molecular weight is 379 g/mol. The highest BCUT2D eigenvalue weighted by molar-refractivity contribution is 8.00. The van der Waals surface area contributed by atoms with Gasteiger partial charge in [-0.1, -0.05) is 54.6 Å². The van der Waals surface area contributed by atoms with Crippen LogP contribution in [0.15, 0.2) is 83.8 Å². The first-order valence-corrected chi connectivity index (χ1v) is 9.56. The van der Waals surface area contributed by atoms with Gasteiger partial charge in [0.2, 0.25) is 5.91 Å². The minimum absolute atomic E-state index is 0.0574. The van der Waals surface area contributed by atoms with Crippen molar-refractivity contribution in [3.8, 4) is 11.5 Å². The Kier molecular flexibility index (Phi) is 6.39. The average Bonchev–Trinajstić information content (AvgIpc) is 2.70. The number of phenols is 2. The summed E-state index contributed by atoms with van der Waals surface area (Å²) < 4.78 is 0. The van der Waals surface area contributed by atoms with Crippen molar-refractivity contribution in [3.05, 3.63) is 90.0 Å². The van der Waals surface area contributed by atoms with Crippen LogP contribution < -0.4 is 5.32 Å². The lowest BCUT2D eigenvalue weighted by Gasteiger charge is -2.17. The number of amides is 1. The lowest BCUT2D eigenvalue weighted by Crippen LogP contribution is -2.29. The number of aromatic hydroxyl groups is 2. The highest BCUT2D eigenvalue weighted by atomic mass is 32.2. The predicted octanol–water partition coefficient (Wildman–Crippen LogP) is 4.29. The number of nitrogens with one attached hydrogen (secondary N) is 1. The molecule has 1 atom stereocenters. The van der Waals surface area contributed by atoms with Gasteiger partial charge in [0.25, 0.3) is 0 Å². The second-order valence-electron chi connectivity index (χ2n) is 6.09. The van der Waals surface area contributed by atoms with E-state index in [0.717, 1.165) is 16.0 Å². The Morgan fingerprint density at radius 1 is 0.889 bits per heavy atom. The standard InChI is InChI=1S/C22H21NO3S/c24-19-12-11-16(15-20(19)25)13-14-23-22(26)21(17-7-3-1-4-8-17)27-18-9-5-2-6-10-18/h1-12,15,21,24-25H,13-14H2,(H,23,26)/t21-/m1/s1. The number of carbonyl (C=O) groups excluding carboxylic acids is 1. The minimum atomic E-state index is -0.346. The van der Waals surface area contributed by atoms with Crippen LogP contribution in [0.25, 0.3) is 0 Å². The van der Waals surface area contributed by atoms with E-state index in [-0.39, 0.29) is 22.7 Å². The molecule has 0 aromatic heterocycles. The second-order valence-corrected chi connectivity index (χ2v) is 7.26. The molecule has 3 aromatic carbocycles. The summed E-state index contributed by atoms with van der Waals surface area (Å²) in [5.41, 5.74) is 1.80. The van der Waals surface area contributed by atoms with E-state index in [1.54, 1.807) is 6.07 Å². The zero-order valence-electron chi connectivity index (χ0n) is 14.7. The molecule has 3 aromatic rings. The van der Waals surface area contributed by atoms with Crippen molar-refractivity contribution in [2.75, 3.05) is 6.54 Å². The minimum Gasteiger partial charge on any atom is -0.504 e. The zero-order valence-corrected chi connectivity index (χ0v) is 15.5.